The van der Waals surface area contributed by atoms with Crippen LogP contribution in [0.3, 0.4) is 0 Å². The van der Waals surface area contributed by atoms with Gasteiger partial charge in [-0.05, 0) is 52.0 Å². The molecule has 0 bridgehead atoms. The summed E-state index contributed by atoms with van der Waals surface area (Å²) >= 11 is 0. The van der Waals surface area contributed by atoms with E-state index in [4.69, 9.17) is 9.72 Å². The first-order chi connectivity index (χ1) is 13.7. The number of anilines is 1. The van der Waals surface area contributed by atoms with Gasteiger partial charge in [0.25, 0.3) is 0 Å². The van der Waals surface area contributed by atoms with Crippen molar-refractivity contribution >= 4 is 22.5 Å². The molecular formula is C21H24N6O. The lowest BCUT2D eigenvalue weighted by Crippen LogP contribution is -2.24. The van der Waals surface area contributed by atoms with E-state index in [-0.39, 0.29) is 0 Å². The van der Waals surface area contributed by atoms with Gasteiger partial charge in [0, 0.05) is 18.7 Å². The van der Waals surface area contributed by atoms with Gasteiger partial charge in [0.15, 0.2) is 11.5 Å². The second-order valence-electron chi connectivity index (χ2n) is 6.49. The van der Waals surface area contributed by atoms with Crippen molar-refractivity contribution in [2.45, 2.75) is 27.7 Å². The topological polar surface area (TPSA) is 68.4 Å². The Morgan fingerprint density at radius 2 is 1.75 bits per heavy atom. The molecule has 4 aromatic rings. The van der Waals surface area contributed by atoms with Crippen LogP contribution in [0.1, 0.15) is 26.6 Å². The van der Waals surface area contributed by atoms with Crippen molar-refractivity contribution in [1.29, 1.82) is 0 Å². The lowest BCUT2D eigenvalue weighted by atomic mass is 10.1. The van der Waals surface area contributed by atoms with E-state index in [9.17, 15) is 0 Å². The van der Waals surface area contributed by atoms with Crippen molar-refractivity contribution in [3.05, 3.63) is 42.6 Å². The average Bonchev–Trinajstić information content (AvgIpc) is 3.11. The van der Waals surface area contributed by atoms with Crippen LogP contribution in [0, 0.1) is 6.92 Å². The second-order valence-corrected chi connectivity index (χ2v) is 6.49. The summed E-state index contributed by atoms with van der Waals surface area (Å²) in [7, 11) is 0. The molecule has 0 atom stereocenters. The smallest absolute Gasteiger partial charge is 0.170 e. The lowest BCUT2D eigenvalue weighted by Gasteiger charge is -2.21. The molecule has 0 fully saturated rings. The Labute approximate surface area is 164 Å². The maximum absolute atomic E-state index is 5.57. The van der Waals surface area contributed by atoms with E-state index < -0.39 is 0 Å². The van der Waals surface area contributed by atoms with Crippen LogP contribution in [-0.4, -0.2) is 44.0 Å². The van der Waals surface area contributed by atoms with Crippen LogP contribution < -0.4 is 9.64 Å². The Kier molecular flexibility index (Phi) is 4.81. The van der Waals surface area contributed by atoms with Crippen LogP contribution in [0.25, 0.3) is 27.9 Å². The summed E-state index contributed by atoms with van der Waals surface area (Å²) in [6.45, 7) is 10.5. The first kappa shape index (κ1) is 18.2. The minimum Gasteiger partial charge on any atom is -0.494 e. The molecule has 0 aliphatic carbocycles. The predicted octanol–water partition coefficient (Wildman–Crippen LogP) is 3.89. The number of nitrogens with zero attached hydrogens (tertiary/aromatic N) is 6. The highest BCUT2D eigenvalue weighted by Gasteiger charge is 2.18. The molecule has 0 unspecified atom stereocenters. The SMILES string of the molecule is CCOc1ccc(-c2nc3c(N(CC)CC)ncnc3n3c(C)ncc23)cc1. The zero-order valence-electron chi connectivity index (χ0n) is 16.7. The third kappa shape index (κ3) is 2.93. The molecule has 0 N–H and O–H groups in total. The van der Waals surface area contributed by atoms with Crippen LogP contribution in [0.15, 0.2) is 36.8 Å². The van der Waals surface area contributed by atoms with E-state index >= 15 is 0 Å². The van der Waals surface area contributed by atoms with Crippen molar-refractivity contribution in [3.63, 3.8) is 0 Å². The van der Waals surface area contributed by atoms with Gasteiger partial charge in [-0.2, -0.15) is 0 Å². The Morgan fingerprint density at radius 3 is 2.43 bits per heavy atom. The van der Waals surface area contributed by atoms with Gasteiger partial charge in [-0.1, -0.05) is 0 Å². The molecule has 0 aliphatic heterocycles. The van der Waals surface area contributed by atoms with Gasteiger partial charge in [0.2, 0.25) is 0 Å². The molecule has 0 saturated heterocycles. The first-order valence-electron chi connectivity index (χ1n) is 9.64. The monoisotopic (exact) mass is 376 g/mol. The zero-order chi connectivity index (χ0) is 19.7. The zero-order valence-corrected chi connectivity index (χ0v) is 16.7. The van der Waals surface area contributed by atoms with Gasteiger partial charge in [-0.25, -0.2) is 19.9 Å². The van der Waals surface area contributed by atoms with Crippen LogP contribution in [-0.2, 0) is 0 Å². The fourth-order valence-corrected chi connectivity index (χ4v) is 3.51. The summed E-state index contributed by atoms with van der Waals surface area (Å²) in [5.74, 6) is 2.57. The molecule has 1 aromatic carbocycles. The van der Waals surface area contributed by atoms with Crippen molar-refractivity contribution in [3.8, 4) is 17.0 Å². The van der Waals surface area contributed by atoms with Crippen molar-refractivity contribution < 1.29 is 4.74 Å². The molecule has 0 aliphatic rings. The normalized spacial score (nSPS) is 11.3. The molecular weight excluding hydrogens is 352 g/mol. The number of aryl methyl sites for hydroxylation is 1. The summed E-state index contributed by atoms with van der Waals surface area (Å²) in [5.41, 5.74) is 4.35. The number of aromatic nitrogens is 5. The van der Waals surface area contributed by atoms with Gasteiger partial charge < -0.3 is 9.64 Å². The number of benzene rings is 1. The molecule has 3 heterocycles. The molecule has 0 radical (unpaired) electrons. The van der Waals surface area contributed by atoms with E-state index in [2.05, 4.69) is 38.1 Å². The van der Waals surface area contributed by atoms with Crippen molar-refractivity contribution in [1.82, 2.24) is 24.3 Å². The Balaban J connectivity index is 2.01. The quantitative estimate of drug-likeness (QED) is 0.508. The summed E-state index contributed by atoms with van der Waals surface area (Å²) in [6, 6.07) is 8.00. The minimum atomic E-state index is 0.643. The number of hydrogen-bond acceptors (Lipinski definition) is 6. The maximum Gasteiger partial charge on any atom is 0.170 e. The Hall–Kier alpha value is -3.22. The first-order valence-corrected chi connectivity index (χ1v) is 9.64. The molecule has 7 nitrogen and oxygen atoms in total. The standard InChI is InChI=1S/C21H24N6O/c1-5-26(6-2)20-19-21(24-13-23-20)27-14(4)22-12-17(27)18(25-19)15-8-10-16(11-9-15)28-7-3/h8-13H,5-7H2,1-4H3. The van der Waals surface area contributed by atoms with E-state index in [1.54, 1.807) is 6.33 Å². The highest BCUT2D eigenvalue weighted by atomic mass is 16.5. The van der Waals surface area contributed by atoms with Crippen LogP contribution in [0.4, 0.5) is 5.82 Å². The molecule has 3 aromatic heterocycles. The summed E-state index contributed by atoms with van der Waals surface area (Å²) in [4.78, 5) is 20.8. The third-order valence-corrected chi connectivity index (χ3v) is 4.90. The number of rotatable bonds is 6. The molecule has 0 amide bonds. The number of ether oxygens (including phenoxy) is 1. The number of fused-ring (bicyclic) bond motifs is 3. The molecule has 0 spiro atoms. The van der Waals surface area contributed by atoms with Gasteiger partial charge in [0.05, 0.1) is 24.0 Å². The van der Waals surface area contributed by atoms with Gasteiger partial charge >= 0.3 is 0 Å². The van der Waals surface area contributed by atoms with E-state index in [1.807, 2.05) is 44.3 Å². The van der Waals surface area contributed by atoms with Gasteiger partial charge in [-0.3, -0.25) is 4.40 Å². The van der Waals surface area contributed by atoms with Crippen molar-refractivity contribution in [2.24, 2.45) is 0 Å². The van der Waals surface area contributed by atoms with Crippen LogP contribution in [0.2, 0.25) is 0 Å². The van der Waals surface area contributed by atoms with E-state index in [0.29, 0.717) is 6.61 Å². The molecule has 28 heavy (non-hydrogen) atoms. The third-order valence-electron chi connectivity index (χ3n) is 4.90. The second kappa shape index (κ2) is 7.42. The van der Waals surface area contributed by atoms with Crippen LogP contribution >= 0.6 is 0 Å². The minimum absolute atomic E-state index is 0.643. The molecule has 7 heteroatoms. The number of imidazole rings is 1. The fraction of sp³-hybridized carbons (Fsp3) is 0.333. The summed E-state index contributed by atoms with van der Waals surface area (Å²) in [5, 5.41) is 0. The Morgan fingerprint density at radius 1 is 1.00 bits per heavy atom. The highest BCUT2D eigenvalue weighted by molar-refractivity contribution is 5.91. The highest BCUT2D eigenvalue weighted by Crippen LogP contribution is 2.31. The van der Waals surface area contributed by atoms with Gasteiger partial charge in [-0.15, -0.1) is 0 Å². The summed E-state index contributed by atoms with van der Waals surface area (Å²) in [6.07, 6.45) is 3.46. The number of hydrogen-bond donors (Lipinski definition) is 0. The average molecular weight is 376 g/mol. The van der Waals surface area contributed by atoms with E-state index in [0.717, 1.165) is 58.4 Å². The molecule has 144 valence electrons. The largest absolute Gasteiger partial charge is 0.494 e. The fourth-order valence-electron chi connectivity index (χ4n) is 3.51. The lowest BCUT2D eigenvalue weighted by molar-refractivity contribution is 0.340. The van der Waals surface area contributed by atoms with E-state index in [1.165, 1.54) is 0 Å². The molecule has 0 saturated carbocycles. The van der Waals surface area contributed by atoms with Crippen LogP contribution in [0.5, 0.6) is 5.75 Å². The van der Waals surface area contributed by atoms with Crippen molar-refractivity contribution in [2.75, 3.05) is 24.6 Å². The summed E-state index contributed by atoms with van der Waals surface area (Å²) < 4.78 is 7.63. The molecule has 4 rings (SSSR count). The Bertz CT molecular complexity index is 1120. The van der Waals surface area contributed by atoms with Gasteiger partial charge in [0.1, 0.15) is 23.4 Å². The maximum atomic E-state index is 5.57. The predicted molar refractivity (Wildman–Crippen MR) is 111 cm³/mol.